The van der Waals surface area contributed by atoms with Gasteiger partial charge in [0.05, 0.1) is 0 Å². The molecule has 74 valence electrons. The number of aryl methyl sites for hydroxylation is 1. The molecule has 1 heterocycles. The lowest BCUT2D eigenvalue weighted by molar-refractivity contribution is 0.0980. The smallest absolute Gasteiger partial charge is 0.166 e. The minimum Gasteiger partial charge on any atom is -0.371 e. The fourth-order valence-electron chi connectivity index (χ4n) is 1.97. The third kappa shape index (κ3) is 1.41. The third-order valence-electron chi connectivity index (χ3n) is 2.78. The lowest BCUT2D eigenvalue weighted by atomic mass is 9.98. The highest BCUT2D eigenvalue weighted by molar-refractivity contribution is 6.03. The summed E-state index contributed by atoms with van der Waals surface area (Å²) in [5.74, 6) is 0.286. The van der Waals surface area contributed by atoms with E-state index < -0.39 is 0 Å². The summed E-state index contributed by atoms with van der Waals surface area (Å²) in [5.41, 5.74) is 3.17. The van der Waals surface area contributed by atoms with Gasteiger partial charge in [-0.3, -0.25) is 4.79 Å². The maximum atomic E-state index is 11.7. The molecule has 0 N–H and O–H groups in total. The van der Waals surface area contributed by atoms with Gasteiger partial charge in [0, 0.05) is 30.8 Å². The van der Waals surface area contributed by atoms with Gasteiger partial charge in [0.2, 0.25) is 0 Å². The third-order valence-corrected chi connectivity index (χ3v) is 2.78. The Morgan fingerprint density at radius 2 is 2.21 bits per heavy atom. The fraction of sp³-hybridized carbons (Fsp3) is 0.417. The van der Waals surface area contributed by atoms with Crippen LogP contribution in [0.5, 0.6) is 0 Å². The van der Waals surface area contributed by atoms with Crippen molar-refractivity contribution in [1.82, 2.24) is 0 Å². The molecule has 2 rings (SSSR count). The van der Waals surface area contributed by atoms with Gasteiger partial charge >= 0.3 is 0 Å². The lowest BCUT2D eigenvalue weighted by Crippen LogP contribution is -2.31. The first-order valence-corrected chi connectivity index (χ1v) is 5.11. The van der Waals surface area contributed by atoms with E-state index in [1.165, 1.54) is 0 Å². The Kier molecular flexibility index (Phi) is 2.28. The van der Waals surface area contributed by atoms with E-state index >= 15 is 0 Å². The van der Waals surface area contributed by atoms with Crippen LogP contribution in [0.4, 0.5) is 5.69 Å². The summed E-state index contributed by atoms with van der Waals surface area (Å²) in [7, 11) is 0. The summed E-state index contributed by atoms with van der Waals surface area (Å²) in [6.45, 7) is 5.99. The number of benzene rings is 1. The molecule has 0 atom stereocenters. The summed E-state index contributed by atoms with van der Waals surface area (Å²) in [4.78, 5) is 13.9. The molecule has 2 nitrogen and oxygen atoms in total. The topological polar surface area (TPSA) is 20.3 Å². The highest BCUT2D eigenvalue weighted by Gasteiger charge is 2.21. The molecule has 0 spiro atoms. The molecule has 2 heteroatoms. The average Bonchev–Trinajstić information content (AvgIpc) is 2.19. The van der Waals surface area contributed by atoms with Gasteiger partial charge in [-0.25, -0.2) is 0 Å². The van der Waals surface area contributed by atoms with Crippen molar-refractivity contribution >= 4 is 11.5 Å². The Bertz CT molecular complexity index is 371. The number of carbonyl (C=O) groups is 1. The Hall–Kier alpha value is -1.31. The van der Waals surface area contributed by atoms with Crippen LogP contribution < -0.4 is 4.90 Å². The molecule has 1 aliphatic rings. The number of rotatable bonds is 1. The van der Waals surface area contributed by atoms with Gasteiger partial charge in [0.1, 0.15) is 0 Å². The SMILES string of the molecule is CCN1CCC(=O)c2cc(C)ccc21. The summed E-state index contributed by atoms with van der Waals surface area (Å²) < 4.78 is 0. The van der Waals surface area contributed by atoms with Crippen LogP contribution in [-0.4, -0.2) is 18.9 Å². The molecule has 0 saturated carbocycles. The van der Waals surface area contributed by atoms with E-state index in [0.717, 1.165) is 29.9 Å². The molecule has 0 unspecified atom stereocenters. The molecule has 0 aromatic heterocycles. The number of anilines is 1. The van der Waals surface area contributed by atoms with Crippen LogP contribution in [0.2, 0.25) is 0 Å². The van der Waals surface area contributed by atoms with Gasteiger partial charge in [0.15, 0.2) is 5.78 Å². The number of carbonyl (C=O) groups excluding carboxylic acids is 1. The van der Waals surface area contributed by atoms with E-state index in [9.17, 15) is 4.79 Å². The molecule has 0 radical (unpaired) electrons. The van der Waals surface area contributed by atoms with E-state index in [-0.39, 0.29) is 5.78 Å². The first-order chi connectivity index (χ1) is 6.72. The Morgan fingerprint density at radius 3 is 2.93 bits per heavy atom. The lowest BCUT2D eigenvalue weighted by Gasteiger charge is -2.29. The molecule has 0 bridgehead atoms. The van der Waals surface area contributed by atoms with Crippen molar-refractivity contribution in [3.63, 3.8) is 0 Å². The van der Waals surface area contributed by atoms with Gasteiger partial charge in [-0.15, -0.1) is 0 Å². The van der Waals surface area contributed by atoms with Crippen molar-refractivity contribution in [2.24, 2.45) is 0 Å². The maximum absolute atomic E-state index is 11.7. The average molecular weight is 189 g/mol. The largest absolute Gasteiger partial charge is 0.371 e. The summed E-state index contributed by atoms with van der Waals surface area (Å²) in [6, 6.07) is 6.13. The normalized spacial score (nSPS) is 15.6. The molecule has 14 heavy (non-hydrogen) atoms. The summed E-state index contributed by atoms with van der Waals surface area (Å²) in [6.07, 6.45) is 0.657. The second kappa shape index (κ2) is 3.45. The number of fused-ring (bicyclic) bond motifs is 1. The van der Waals surface area contributed by atoms with Gasteiger partial charge in [-0.1, -0.05) is 11.6 Å². The zero-order valence-electron chi connectivity index (χ0n) is 8.71. The quantitative estimate of drug-likeness (QED) is 0.676. The molecule has 1 aromatic carbocycles. The monoisotopic (exact) mass is 189 g/mol. The molecular formula is C12H15NO. The van der Waals surface area contributed by atoms with Crippen molar-refractivity contribution in [2.45, 2.75) is 20.3 Å². The molecule has 0 amide bonds. The molecular weight excluding hydrogens is 174 g/mol. The van der Waals surface area contributed by atoms with Gasteiger partial charge in [-0.2, -0.15) is 0 Å². The van der Waals surface area contributed by atoms with Crippen molar-refractivity contribution in [3.8, 4) is 0 Å². The van der Waals surface area contributed by atoms with Crippen LogP contribution in [0.25, 0.3) is 0 Å². The van der Waals surface area contributed by atoms with E-state index in [1.807, 2.05) is 13.0 Å². The maximum Gasteiger partial charge on any atom is 0.166 e. The standard InChI is InChI=1S/C12H15NO/c1-3-13-7-6-12(14)10-8-9(2)4-5-11(10)13/h4-5,8H,3,6-7H2,1-2H3. The second-order valence-corrected chi connectivity index (χ2v) is 3.77. The first kappa shape index (κ1) is 9.25. The molecule has 1 aromatic rings. The minimum absolute atomic E-state index is 0.286. The first-order valence-electron chi connectivity index (χ1n) is 5.11. The number of hydrogen-bond donors (Lipinski definition) is 0. The highest BCUT2D eigenvalue weighted by atomic mass is 16.1. The highest BCUT2D eigenvalue weighted by Crippen LogP contribution is 2.27. The fourth-order valence-corrected chi connectivity index (χ4v) is 1.97. The Balaban J connectivity index is 2.51. The van der Waals surface area contributed by atoms with Gasteiger partial charge in [-0.05, 0) is 26.0 Å². The molecule has 0 saturated heterocycles. The van der Waals surface area contributed by atoms with Crippen LogP contribution in [0, 0.1) is 6.92 Å². The van der Waals surface area contributed by atoms with Crippen LogP contribution in [0.3, 0.4) is 0 Å². The number of hydrogen-bond acceptors (Lipinski definition) is 2. The zero-order valence-corrected chi connectivity index (χ0v) is 8.71. The number of nitrogens with zero attached hydrogens (tertiary/aromatic N) is 1. The van der Waals surface area contributed by atoms with E-state index in [1.54, 1.807) is 0 Å². The van der Waals surface area contributed by atoms with Crippen LogP contribution >= 0.6 is 0 Å². The van der Waals surface area contributed by atoms with Crippen LogP contribution in [0.15, 0.2) is 18.2 Å². The van der Waals surface area contributed by atoms with Gasteiger partial charge < -0.3 is 4.90 Å². The Labute approximate surface area is 84.5 Å². The predicted molar refractivity (Wildman–Crippen MR) is 58.0 cm³/mol. The zero-order chi connectivity index (χ0) is 10.1. The second-order valence-electron chi connectivity index (χ2n) is 3.77. The van der Waals surface area contributed by atoms with E-state index in [0.29, 0.717) is 6.42 Å². The van der Waals surface area contributed by atoms with Crippen LogP contribution in [-0.2, 0) is 0 Å². The summed E-state index contributed by atoms with van der Waals surface area (Å²) >= 11 is 0. The van der Waals surface area contributed by atoms with Crippen LogP contribution in [0.1, 0.15) is 29.3 Å². The van der Waals surface area contributed by atoms with Crippen molar-refractivity contribution in [2.75, 3.05) is 18.0 Å². The number of Topliss-reactive ketones (excluding diaryl/α,β-unsaturated/α-hetero) is 1. The van der Waals surface area contributed by atoms with E-state index in [2.05, 4.69) is 24.0 Å². The Morgan fingerprint density at radius 1 is 1.43 bits per heavy atom. The molecule has 0 fully saturated rings. The van der Waals surface area contributed by atoms with Crippen molar-refractivity contribution < 1.29 is 4.79 Å². The predicted octanol–water partition coefficient (Wildman–Crippen LogP) is 2.41. The number of ketones is 1. The van der Waals surface area contributed by atoms with E-state index in [4.69, 9.17) is 0 Å². The van der Waals surface area contributed by atoms with Gasteiger partial charge in [0.25, 0.3) is 0 Å². The van der Waals surface area contributed by atoms with Crippen molar-refractivity contribution in [1.29, 1.82) is 0 Å². The molecule has 1 aliphatic heterocycles. The summed E-state index contributed by atoms with van der Waals surface area (Å²) in [5, 5.41) is 0. The minimum atomic E-state index is 0.286. The van der Waals surface area contributed by atoms with Crippen molar-refractivity contribution in [3.05, 3.63) is 29.3 Å². The molecule has 0 aliphatic carbocycles.